The Morgan fingerprint density at radius 2 is 0.753 bits per heavy atom. The van der Waals surface area contributed by atoms with E-state index in [0.29, 0.717) is 0 Å². The number of hydrogen-bond donors (Lipinski definition) is 5. The fraction of sp³-hybridized carbons (Fsp3) is 0.725. The smallest absolute Gasteiger partial charge is 0.243 e. The third kappa shape index (κ3) is 43.4. The zero-order valence-electron chi connectivity index (χ0n) is 58.7. The molecule has 0 saturated heterocycles. The Balaban J connectivity index is -0.0000291. The molecule has 5 amide bonds. The Morgan fingerprint density at radius 1 is 0.381 bits per heavy atom. The summed E-state index contributed by atoms with van der Waals surface area (Å²) in [6.07, 6.45) is -2.03. The molecule has 0 bridgehead atoms. The summed E-state index contributed by atoms with van der Waals surface area (Å²) in [6, 6.07) is -5.24. The molecular formula is C69H109BFmN5O20P-2. The molecule has 0 aliphatic rings. The second-order valence-corrected chi connectivity index (χ2v) is 25.7. The van der Waals surface area contributed by atoms with E-state index in [-0.39, 0.29) is 220 Å². The van der Waals surface area contributed by atoms with Gasteiger partial charge in [-0.3, -0.25) is 83.5 Å². The van der Waals surface area contributed by atoms with Crippen LogP contribution in [0.5, 0.6) is 0 Å². The number of nitrogens with one attached hydrogen (secondary N) is 5. The van der Waals surface area contributed by atoms with Crippen LogP contribution in [0.25, 0.3) is 0 Å². The van der Waals surface area contributed by atoms with Crippen LogP contribution in [0.2, 0.25) is 0 Å². The molecule has 0 saturated carbocycles. The fourth-order valence-electron chi connectivity index (χ4n) is 10.0. The van der Waals surface area contributed by atoms with Crippen molar-refractivity contribution in [2.24, 2.45) is 23.7 Å². The van der Waals surface area contributed by atoms with Crippen molar-refractivity contribution in [2.45, 2.75) is 253 Å². The minimum absolute atomic E-state index is 0. The average Bonchev–Trinajstić information content (AvgIpc) is 1.08. The summed E-state index contributed by atoms with van der Waals surface area (Å²) in [5.74, 6) is -11.1. The Labute approximate surface area is 570 Å². The van der Waals surface area contributed by atoms with Crippen molar-refractivity contribution < 1.29 is 95.8 Å². The molecule has 0 aromatic rings. The van der Waals surface area contributed by atoms with Gasteiger partial charge in [0, 0.05) is 152 Å². The van der Waals surface area contributed by atoms with Gasteiger partial charge in [-0.1, -0.05) is 68.5 Å². The van der Waals surface area contributed by atoms with Gasteiger partial charge in [-0.25, -0.2) is 0 Å². The van der Waals surface area contributed by atoms with Gasteiger partial charge in [0.1, 0.15) is 66.5 Å². The van der Waals surface area contributed by atoms with E-state index in [4.69, 9.17) is 21.8 Å². The number of carbonyl (C=O) groups is 17. The molecule has 0 aromatic carbocycles. The number of ether oxygens (including phenoxy) is 2. The van der Waals surface area contributed by atoms with E-state index in [1.54, 1.807) is 62.1 Å². The first kappa shape index (κ1) is 93.7. The van der Waals surface area contributed by atoms with Crippen LogP contribution in [-0.2, 0) is 95.8 Å². The summed E-state index contributed by atoms with van der Waals surface area (Å²) >= 11 is 0. The topological polar surface area (TPSA) is 386 Å². The number of amides is 5. The van der Waals surface area contributed by atoms with Gasteiger partial charge in [-0.05, 0) is 44.9 Å². The average molecular weight is 1630 g/mol. The molecule has 28 heteroatoms. The summed E-state index contributed by atoms with van der Waals surface area (Å²) in [5, 5.41) is 13.2. The van der Waals surface area contributed by atoms with E-state index in [1.807, 2.05) is 0 Å². The number of carbonyl (C=O) groups excluding carboxylic acids is 18. The molecule has 25 nitrogen and oxygen atoms in total. The van der Waals surface area contributed by atoms with Crippen LogP contribution in [0.1, 0.15) is 229 Å². The van der Waals surface area contributed by atoms with E-state index >= 15 is 0 Å². The largest absolute Gasteiger partial charge is 0.545 e. The molecule has 5 N–H and O–H groups in total. The molecule has 0 heterocycles. The predicted octanol–water partition coefficient (Wildman–Crippen LogP) is 5.82. The maximum absolute atomic E-state index is 14.7. The maximum Gasteiger partial charge on any atom is 0.243 e. The fourth-order valence-corrected chi connectivity index (χ4v) is 10.8. The zero-order valence-corrected chi connectivity index (χ0v) is 62.0. The number of hydrogen-bond acceptors (Lipinski definition) is 20. The van der Waals surface area contributed by atoms with Crippen molar-refractivity contribution in [2.75, 3.05) is 45.8 Å². The van der Waals surface area contributed by atoms with Gasteiger partial charge in [0.15, 0.2) is 23.1 Å². The predicted molar refractivity (Wildman–Crippen MR) is 362 cm³/mol. The van der Waals surface area contributed by atoms with Gasteiger partial charge in [0.05, 0.1) is 37.9 Å². The van der Waals surface area contributed by atoms with Gasteiger partial charge in [-0.15, -0.1) is 5.92 Å². The molecule has 2 radical (unpaired) electrons. The van der Waals surface area contributed by atoms with Crippen molar-refractivity contribution in [3.8, 4) is 0 Å². The third-order valence-corrected chi connectivity index (χ3v) is 17.1. The second kappa shape index (κ2) is 55.5. The first-order chi connectivity index (χ1) is 45.5. The van der Waals surface area contributed by atoms with Crippen LogP contribution < -0.4 is 26.6 Å². The molecule has 97 heavy (non-hydrogen) atoms. The van der Waals surface area contributed by atoms with E-state index in [2.05, 4.69) is 40.3 Å². The first-order valence-electron chi connectivity index (χ1n) is 33.9. The summed E-state index contributed by atoms with van der Waals surface area (Å²) in [7, 11) is 4.83. The van der Waals surface area contributed by atoms with E-state index < -0.39 is 148 Å². The quantitative estimate of drug-likeness (QED) is 0.0157. The van der Waals surface area contributed by atoms with Crippen molar-refractivity contribution in [3.63, 3.8) is 0 Å². The minimum atomic E-state index is -1.61. The summed E-state index contributed by atoms with van der Waals surface area (Å²) in [4.78, 5) is 232. The molecule has 9 unspecified atom stereocenters. The zero-order chi connectivity index (χ0) is 73.3. The van der Waals surface area contributed by atoms with Gasteiger partial charge in [0.2, 0.25) is 29.5 Å². The minimum Gasteiger partial charge on any atom is -0.545 e. The van der Waals surface area contributed by atoms with Crippen molar-refractivity contribution in [1.82, 2.24) is 26.6 Å². The number of ketones is 12. The van der Waals surface area contributed by atoms with Crippen molar-refractivity contribution in [1.29, 1.82) is 0 Å². The number of rotatable bonds is 60. The van der Waals surface area contributed by atoms with Crippen LogP contribution in [0.4, 0.5) is 0 Å². The van der Waals surface area contributed by atoms with E-state index in [9.17, 15) is 81.5 Å². The van der Waals surface area contributed by atoms with Crippen LogP contribution in [-0.4, -0.2) is 183 Å². The molecule has 552 valence electrons. The van der Waals surface area contributed by atoms with Crippen molar-refractivity contribution >= 4 is 121 Å². The monoisotopic (exact) mass is 1630 g/mol. The number of Topliss-reactive ketones (excluding diaryl/α,β-unsaturated/α-hetero) is 12. The van der Waals surface area contributed by atoms with Gasteiger partial charge < -0.3 is 52.6 Å². The van der Waals surface area contributed by atoms with Crippen LogP contribution in [0.15, 0.2) is 0 Å². The van der Waals surface area contributed by atoms with Crippen LogP contribution in [0.3, 0.4) is 0 Å². The Kier molecular flexibility index (Phi) is 53.6. The van der Waals surface area contributed by atoms with Crippen LogP contribution in [0, 0.1) is 30.6 Å². The van der Waals surface area contributed by atoms with Gasteiger partial charge >= 0.3 is 0 Å². The van der Waals surface area contributed by atoms with E-state index in [0.717, 1.165) is 0 Å². The molecule has 0 spiro atoms. The normalized spacial score (nSPS) is 13.6. The van der Waals surface area contributed by atoms with Crippen molar-refractivity contribution in [3.05, 3.63) is 6.92 Å². The summed E-state index contributed by atoms with van der Waals surface area (Å²) in [6.45, 7) is 21.3. The third-order valence-electron chi connectivity index (χ3n) is 16.3. The Hall–Kier alpha value is -7.53. The standard InChI is InChI=1S/C68H108BN5O19P.CHO.Fm/c1-11-48(75)23-20-45(58(81)15-5)39-52(79)27-30-56(62(85)41-46(59(82)16-6)21-24-49(76)12-2)72-65(88)33-22-47(40-53(80)42-93-38-37-92-36-35-70-64(87)32-19-44(9)63(86)43-94(10)69)67(90)74-57(68(91)73-55(61(84)18-8)29-26-51(78)14-4)31-34-66(89)71-54(60(83)17-7)28-25-50(77)13-3;1-2;/h44-47,54-57H,9,11-43H2,1-8,10H3,(H,70,87)(H,71,89)(H,72,88)(H,73,91)(H,74,90);1H;/q2*-1;. The SMILES string of the molecule is [B]P(C)CC(=O)C([CH2-])CCC(=O)NCCOCCOCC(=O)CC(CCC(=O)NC(CCC(=O)CC(CCC(=O)CC)C(=O)CC)C(=O)CC(CCC(=O)CC)C(=O)CC)C(=O)NC(CCC(=O)NC(CCC(=O)CC)C(=O)CC)C(=O)NC(CCC(=O)CC)C(=O)CC.[CH-]=O.[Fm]. The van der Waals surface area contributed by atoms with Gasteiger partial charge in [-0.2, -0.15) is 7.80 Å². The molecular weight excluding hydrogens is 1520 g/mol. The summed E-state index contributed by atoms with van der Waals surface area (Å²) < 4.78 is 11.1. The molecule has 0 rings (SSSR count). The van der Waals surface area contributed by atoms with Gasteiger partial charge in [0.25, 0.3) is 0 Å². The first-order valence-corrected chi connectivity index (χ1v) is 36.0. The van der Waals surface area contributed by atoms with E-state index in [1.165, 1.54) is 0 Å². The van der Waals surface area contributed by atoms with Crippen LogP contribution >= 0.6 is 7.80 Å². The molecule has 0 aliphatic carbocycles. The Morgan fingerprint density at radius 3 is 1.22 bits per heavy atom. The summed E-state index contributed by atoms with van der Waals surface area (Å²) in [5.41, 5.74) is 0. The molecule has 9 atom stereocenters. The maximum atomic E-state index is 14.7. The molecule has 0 aliphatic heterocycles. The second-order valence-electron chi connectivity index (χ2n) is 23.9. The Bertz CT molecular complexity index is 2570. The molecule has 0 aromatic heterocycles. The molecule has 0 fully saturated rings.